The molecular weight excluding hydrogens is 332 g/mol. The molecule has 7 nitrogen and oxygen atoms in total. The predicted molar refractivity (Wildman–Crippen MR) is 101 cm³/mol. The number of hydrogen-bond acceptors (Lipinski definition) is 5. The molecule has 0 aliphatic carbocycles. The lowest BCUT2D eigenvalue weighted by molar-refractivity contribution is -0.384. The van der Waals surface area contributed by atoms with Gasteiger partial charge in [0.15, 0.2) is 0 Å². The maximum atomic E-state index is 12.3. The summed E-state index contributed by atoms with van der Waals surface area (Å²) in [5.41, 5.74) is 0.788. The number of rotatable bonds is 6. The van der Waals surface area contributed by atoms with Gasteiger partial charge in [-0.1, -0.05) is 13.3 Å². The molecule has 1 unspecified atom stereocenters. The topological polar surface area (TPSA) is 88.4 Å². The van der Waals surface area contributed by atoms with Crippen molar-refractivity contribution in [3.63, 3.8) is 0 Å². The summed E-state index contributed by atoms with van der Waals surface area (Å²) in [6, 6.07) is 8.42. The van der Waals surface area contributed by atoms with Crippen molar-refractivity contribution in [3.8, 4) is 0 Å². The van der Waals surface area contributed by atoms with Gasteiger partial charge in [0.1, 0.15) is 5.82 Å². The third-order valence-electron chi connectivity index (χ3n) is 4.81. The number of unbranched alkanes of at least 4 members (excludes halogenated alkanes) is 1. The summed E-state index contributed by atoms with van der Waals surface area (Å²) in [6.07, 6.45) is 3.91. The number of fused-ring (bicyclic) bond motifs is 1. The number of pyridine rings is 1. The quantitative estimate of drug-likeness (QED) is 0.487. The van der Waals surface area contributed by atoms with Gasteiger partial charge in [-0.05, 0) is 37.5 Å². The molecule has 0 saturated carbocycles. The fourth-order valence-electron chi connectivity index (χ4n) is 3.32. The van der Waals surface area contributed by atoms with Crippen LogP contribution in [0.5, 0.6) is 0 Å². The molecule has 2 aromatic rings. The predicted octanol–water partition coefficient (Wildman–Crippen LogP) is 3.28. The fraction of sp³-hybridized carbons (Fsp3) is 0.474. The zero-order valence-electron chi connectivity index (χ0n) is 15.0. The van der Waals surface area contributed by atoms with Crippen molar-refractivity contribution in [2.75, 3.05) is 24.5 Å². The number of anilines is 1. The molecular formula is C19H24N4O3. The van der Waals surface area contributed by atoms with Gasteiger partial charge in [-0.3, -0.25) is 14.9 Å². The van der Waals surface area contributed by atoms with Crippen LogP contribution in [-0.2, 0) is 4.79 Å². The Balaban J connectivity index is 1.72. The molecule has 0 radical (unpaired) electrons. The number of carbonyl (C=O) groups excluding carboxylic acids is 1. The average molecular weight is 356 g/mol. The molecule has 138 valence electrons. The van der Waals surface area contributed by atoms with Crippen molar-refractivity contribution in [2.24, 2.45) is 5.92 Å². The second-order valence-electron chi connectivity index (χ2n) is 6.73. The number of hydrogen-bond donors (Lipinski definition) is 1. The number of non-ortho nitro benzene ring substituents is 1. The van der Waals surface area contributed by atoms with Gasteiger partial charge >= 0.3 is 0 Å². The van der Waals surface area contributed by atoms with E-state index in [1.165, 1.54) is 12.1 Å². The van der Waals surface area contributed by atoms with E-state index in [1.807, 2.05) is 12.1 Å². The molecule has 2 heterocycles. The molecule has 1 aromatic carbocycles. The Morgan fingerprint density at radius 3 is 3.00 bits per heavy atom. The number of amides is 1. The van der Waals surface area contributed by atoms with Crippen LogP contribution < -0.4 is 10.2 Å². The monoisotopic (exact) mass is 356 g/mol. The molecule has 0 bridgehead atoms. The van der Waals surface area contributed by atoms with E-state index in [2.05, 4.69) is 22.1 Å². The Morgan fingerprint density at radius 1 is 1.38 bits per heavy atom. The number of benzene rings is 1. The lowest BCUT2D eigenvalue weighted by Crippen LogP contribution is -2.43. The molecule has 0 spiro atoms. The molecule has 26 heavy (non-hydrogen) atoms. The van der Waals surface area contributed by atoms with Crippen LogP contribution in [0.3, 0.4) is 0 Å². The van der Waals surface area contributed by atoms with E-state index < -0.39 is 4.92 Å². The highest BCUT2D eigenvalue weighted by Crippen LogP contribution is 2.26. The smallest absolute Gasteiger partial charge is 0.270 e. The second-order valence-corrected chi connectivity index (χ2v) is 6.73. The number of aromatic nitrogens is 1. The highest BCUT2D eigenvalue weighted by molar-refractivity contribution is 5.83. The standard InChI is InChI=1S/C19H24N4O3/c1-2-3-10-20-19(24)15-5-4-11-22(13-15)18-9-6-14-12-16(23(25)26)7-8-17(14)21-18/h6-9,12,15H,2-5,10-11,13H2,1H3,(H,20,24). The molecule has 7 heteroatoms. The van der Waals surface area contributed by atoms with Crippen LogP contribution >= 0.6 is 0 Å². The number of piperidine rings is 1. The Kier molecular flexibility index (Phi) is 5.65. The van der Waals surface area contributed by atoms with Crippen molar-refractivity contribution >= 4 is 28.3 Å². The normalized spacial score (nSPS) is 17.3. The maximum absolute atomic E-state index is 12.3. The lowest BCUT2D eigenvalue weighted by atomic mass is 9.97. The van der Waals surface area contributed by atoms with Gasteiger partial charge in [-0.2, -0.15) is 0 Å². The minimum absolute atomic E-state index is 0.0186. The van der Waals surface area contributed by atoms with Crippen LogP contribution in [0.4, 0.5) is 11.5 Å². The summed E-state index contributed by atoms with van der Waals surface area (Å²) in [5.74, 6) is 0.923. The fourth-order valence-corrected chi connectivity index (χ4v) is 3.32. The van der Waals surface area contributed by atoms with E-state index in [4.69, 9.17) is 0 Å². The number of nitrogens with one attached hydrogen (secondary N) is 1. The van der Waals surface area contributed by atoms with Crippen LogP contribution in [0.15, 0.2) is 30.3 Å². The highest BCUT2D eigenvalue weighted by atomic mass is 16.6. The Morgan fingerprint density at radius 2 is 2.23 bits per heavy atom. The number of nitrogens with zero attached hydrogens (tertiary/aromatic N) is 3. The van der Waals surface area contributed by atoms with E-state index in [0.29, 0.717) is 6.54 Å². The Hall–Kier alpha value is -2.70. The van der Waals surface area contributed by atoms with Crippen LogP contribution in [0.2, 0.25) is 0 Å². The summed E-state index contributed by atoms with van der Waals surface area (Å²) < 4.78 is 0. The first-order valence-corrected chi connectivity index (χ1v) is 9.16. The first kappa shape index (κ1) is 18.1. The summed E-state index contributed by atoms with van der Waals surface area (Å²) in [4.78, 5) is 29.6. The molecule has 1 amide bonds. The molecule has 1 aliphatic rings. The molecule has 1 aromatic heterocycles. The van der Waals surface area contributed by atoms with Gasteiger partial charge in [0.25, 0.3) is 5.69 Å². The zero-order valence-corrected chi connectivity index (χ0v) is 15.0. The van der Waals surface area contributed by atoms with E-state index in [9.17, 15) is 14.9 Å². The minimum Gasteiger partial charge on any atom is -0.356 e. The maximum Gasteiger partial charge on any atom is 0.270 e. The van der Waals surface area contributed by atoms with Crippen LogP contribution in [0.1, 0.15) is 32.6 Å². The van der Waals surface area contributed by atoms with Gasteiger partial charge in [0, 0.05) is 37.2 Å². The van der Waals surface area contributed by atoms with E-state index in [0.717, 1.165) is 55.5 Å². The number of nitro groups is 1. The molecule has 1 atom stereocenters. The average Bonchev–Trinajstić information content (AvgIpc) is 2.67. The highest BCUT2D eigenvalue weighted by Gasteiger charge is 2.26. The molecule has 3 rings (SSSR count). The van der Waals surface area contributed by atoms with Crippen molar-refractivity contribution < 1.29 is 9.72 Å². The largest absolute Gasteiger partial charge is 0.356 e. The first-order chi connectivity index (χ1) is 12.6. The van der Waals surface area contributed by atoms with Crippen LogP contribution in [0.25, 0.3) is 10.9 Å². The molecule has 1 aliphatic heterocycles. The lowest BCUT2D eigenvalue weighted by Gasteiger charge is -2.33. The number of nitro benzene ring substituents is 1. The van der Waals surface area contributed by atoms with Crippen LogP contribution in [0, 0.1) is 16.0 Å². The van der Waals surface area contributed by atoms with E-state index in [-0.39, 0.29) is 17.5 Å². The second kappa shape index (κ2) is 8.12. The van der Waals surface area contributed by atoms with Crippen molar-refractivity contribution in [1.29, 1.82) is 0 Å². The van der Waals surface area contributed by atoms with Gasteiger partial charge in [0.05, 0.1) is 16.4 Å². The molecule has 1 saturated heterocycles. The summed E-state index contributed by atoms with van der Waals surface area (Å²) in [5, 5.41) is 14.7. The van der Waals surface area contributed by atoms with Crippen LogP contribution in [-0.4, -0.2) is 35.4 Å². The molecule has 1 N–H and O–H groups in total. The van der Waals surface area contributed by atoms with E-state index in [1.54, 1.807) is 6.07 Å². The third-order valence-corrected chi connectivity index (χ3v) is 4.81. The van der Waals surface area contributed by atoms with Crippen molar-refractivity contribution in [1.82, 2.24) is 10.3 Å². The SMILES string of the molecule is CCCCNC(=O)C1CCCN(c2ccc3cc([N+](=O)[O-])ccc3n2)C1. The third kappa shape index (κ3) is 4.09. The molecule has 1 fully saturated rings. The first-order valence-electron chi connectivity index (χ1n) is 9.16. The van der Waals surface area contributed by atoms with Gasteiger partial charge in [-0.15, -0.1) is 0 Å². The summed E-state index contributed by atoms with van der Waals surface area (Å²) in [6.45, 7) is 4.36. The number of carbonyl (C=O) groups is 1. The summed E-state index contributed by atoms with van der Waals surface area (Å²) >= 11 is 0. The summed E-state index contributed by atoms with van der Waals surface area (Å²) in [7, 11) is 0. The van der Waals surface area contributed by atoms with Crippen molar-refractivity contribution in [2.45, 2.75) is 32.6 Å². The Bertz CT molecular complexity index is 808. The van der Waals surface area contributed by atoms with Gasteiger partial charge in [0.2, 0.25) is 5.91 Å². The zero-order chi connectivity index (χ0) is 18.5. The van der Waals surface area contributed by atoms with Crippen molar-refractivity contribution in [3.05, 3.63) is 40.4 Å². The Labute approximate surface area is 152 Å². The minimum atomic E-state index is -0.403. The van der Waals surface area contributed by atoms with E-state index >= 15 is 0 Å². The van der Waals surface area contributed by atoms with Gasteiger partial charge in [-0.25, -0.2) is 4.98 Å². The van der Waals surface area contributed by atoms with Gasteiger partial charge < -0.3 is 10.2 Å².